The zero-order valence-electron chi connectivity index (χ0n) is 10.7. The molecule has 2 unspecified atom stereocenters. The molecule has 0 amide bonds. The first-order chi connectivity index (χ1) is 8.09. The van der Waals surface area contributed by atoms with E-state index in [0.717, 1.165) is 36.8 Å². The van der Waals surface area contributed by atoms with Gasteiger partial charge in [-0.2, -0.15) is 0 Å². The van der Waals surface area contributed by atoms with Crippen LogP contribution in [-0.4, -0.2) is 11.8 Å². The number of carbonyl (C=O) groups is 1. The van der Waals surface area contributed by atoms with Gasteiger partial charge in [0.25, 0.3) is 0 Å². The molecule has 0 spiro atoms. The van der Waals surface area contributed by atoms with Crippen LogP contribution in [0, 0.1) is 19.8 Å². The zero-order valence-corrected chi connectivity index (χ0v) is 10.7. The van der Waals surface area contributed by atoms with Crippen molar-refractivity contribution in [2.45, 2.75) is 45.6 Å². The number of nitrogens with two attached hydrogens (primary N) is 1. The molecular weight excluding hydrogens is 210 g/mol. The van der Waals surface area contributed by atoms with Crippen molar-refractivity contribution in [1.29, 1.82) is 0 Å². The molecule has 2 nitrogen and oxygen atoms in total. The van der Waals surface area contributed by atoms with Crippen molar-refractivity contribution in [2.24, 2.45) is 11.7 Å². The molecule has 2 rings (SSSR count). The van der Waals surface area contributed by atoms with Gasteiger partial charge < -0.3 is 5.73 Å². The fourth-order valence-corrected chi connectivity index (χ4v) is 2.70. The van der Waals surface area contributed by atoms with Crippen molar-refractivity contribution in [3.8, 4) is 0 Å². The van der Waals surface area contributed by atoms with Gasteiger partial charge in [0.2, 0.25) is 0 Å². The molecule has 1 saturated carbocycles. The Balaban J connectivity index is 2.22. The highest BCUT2D eigenvalue weighted by molar-refractivity contribution is 5.99. The molecule has 0 saturated heterocycles. The van der Waals surface area contributed by atoms with E-state index in [4.69, 9.17) is 5.73 Å². The first kappa shape index (κ1) is 12.3. The van der Waals surface area contributed by atoms with E-state index in [1.807, 2.05) is 19.1 Å². The minimum Gasteiger partial charge on any atom is -0.328 e. The van der Waals surface area contributed by atoms with Crippen LogP contribution in [-0.2, 0) is 0 Å². The molecule has 0 aliphatic heterocycles. The minimum absolute atomic E-state index is 0.138. The summed E-state index contributed by atoms with van der Waals surface area (Å²) >= 11 is 0. The molecule has 1 aliphatic carbocycles. The van der Waals surface area contributed by atoms with Crippen molar-refractivity contribution in [2.75, 3.05) is 0 Å². The standard InChI is InChI=1S/C15H21NO/c1-10-5-3-8-14(11(10)2)15(17)12-6-4-7-13(16)9-12/h3,5,8,12-13H,4,6-7,9,16H2,1-2H3. The van der Waals surface area contributed by atoms with Crippen LogP contribution in [0.5, 0.6) is 0 Å². The third-order valence-electron chi connectivity index (χ3n) is 3.96. The number of hydrogen-bond acceptors (Lipinski definition) is 2. The summed E-state index contributed by atoms with van der Waals surface area (Å²) in [4.78, 5) is 12.5. The number of rotatable bonds is 2. The molecular formula is C15H21NO. The highest BCUT2D eigenvalue weighted by atomic mass is 16.1. The van der Waals surface area contributed by atoms with Gasteiger partial charge in [0, 0.05) is 17.5 Å². The Kier molecular flexibility index (Phi) is 3.63. The van der Waals surface area contributed by atoms with E-state index in [-0.39, 0.29) is 12.0 Å². The Hall–Kier alpha value is -1.15. The van der Waals surface area contributed by atoms with E-state index in [0.29, 0.717) is 5.78 Å². The summed E-state index contributed by atoms with van der Waals surface area (Å²) in [7, 11) is 0. The second-order valence-electron chi connectivity index (χ2n) is 5.24. The molecule has 2 N–H and O–H groups in total. The van der Waals surface area contributed by atoms with Gasteiger partial charge >= 0.3 is 0 Å². The van der Waals surface area contributed by atoms with E-state index in [2.05, 4.69) is 13.0 Å². The average Bonchev–Trinajstić information content (AvgIpc) is 2.32. The Bertz CT molecular complexity index is 425. The first-order valence-corrected chi connectivity index (χ1v) is 6.45. The van der Waals surface area contributed by atoms with Crippen molar-refractivity contribution in [1.82, 2.24) is 0 Å². The molecule has 1 aromatic carbocycles. The van der Waals surface area contributed by atoms with E-state index in [1.165, 1.54) is 5.56 Å². The molecule has 0 aromatic heterocycles. The molecule has 0 heterocycles. The van der Waals surface area contributed by atoms with Crippen molar-refractivity contribution >= 4 is 5.78 Å². The summed E-state index contributed by atoms with van der Waals surface area (Å²) in [6.45, 7) is 4.09. The number of Topliss-reactive ketones (excluding diaryl/α,β-unsaturated/α-hetero) is 1. The van der Waals surface area contributed by atoms with Gasteiger partial charge in [-0.3, -0.25) is 4.79 Å². The Morgan fingerprint density at radius 1 is 1.29 bits per heavy atom. The van der Waals surface area contributed by atoms with Crippen LogP contribution in [0.15, 0.2) is 18.2 Å². The minimum atomic E-state index is 0.138. The summed E-state index contributed by atoms with van der Waals surface area (Å²) in [5.41, 5.74) is 9.16. The predicted octanol–water partition coefficient (Wildman–Crippen LogP) is 3.00. The van der Waals surface area contributed by atoms with E-state index in [9.17, 15) is 4.79 Å². The fourth-order valence-electron chi connectivity index (χ4n) is 2.70. The van der Waals surface area contributed by atoms with Crippen LogP contribution >= 0.6 is 0 Å². The van der Waals surface area contributed by atoms with Crippen molar-refractivity contribution in [3.63, 3.8) is 0 Å². The van der Waals surface area contributed by atoms with Crippen LogP contribution in [0.2, 0.25) is 0 Å². The molecule has 17 heavy (non-hydrogen) atoms. The number of ketones is 1. The second kappa shape index (κ2) is 5.01. The van der Waals surface area contributed by atoms with Crippen LogP contribution in [0.25, 0.3) is 0 Å². The van der Waals surface area contributed by atoms with Gasteiger partial charge in [-0.05, 0) is 44.2 Å². The number of hydrogen-bond donors (Lipinski definition) is 1. The highest BCUT2D eigenvalue weighted by Gasteiger charge is 2.26. The third kappa shape index (κ3) is 2.58. The van der Waals surface area contributed by atoms with Gasteiger partial charge in [0.15, 0.2) is 5.78 Å². The molecule has 2 heteroatoms. The van der Waals surface area contributed by atoms with Crippen molar-refractivity contribution in [3.05, 3.63) is 34.9 Å². The zero-order chi connectivity index (χ0) is 12.4. The average molecular weight is 231 g/mol. The van der Waals surface area contributed by atoms with E-state index < -0.39 is 0 Å². The third-order valence-corrected chi connectivity index (χ3v) is 3.96. The first-order valence-electron chi connectivity index (χ1n) is 6.45. The lowest BCUT2D eigenvalue weighted by Crippen LogP contribution is -2.31. The van der Waals surface area contributed by atoms with Gasteiger partial charge in [0.05, 0.1) is 0 Å². The largest absolute Gasteiger partial charge is 0.328 e. The van der Waals surface area contributed by atoms with E-state index in [1.54, 1.807) is 0 Å². The van der Waals surface area contributed by atoms with Gasteiger partial charge in [-0.25, -0.2) is 0 Å². The summed E-state index contributed by atoms with van der Waals surface area (Å²) in [6.07, 6.45) is 4.01. The Labute approximate surface area is 103 Å². The highest BCUT2D eigenvalue weighted by Crippen LogP contribution is 2.28. The Morgan fingerprint density at radius 2 is 2.06 bits per heavy atom. The second-order valence-corrected chi connectivity index (χ2v) is 5.24. The summed E-state index contributed by atoms with van der Waals surface area (Å²) in [5, 5.41) is 0. The maximum Gasteiger partial charge on any atom is 0.166 e. The topological polar surface area (TPSA) is 43.1 Å². The number of aryl methyl sites for hydroxylation is 1. The molecule has 92 valence electrons. The van der Waals surface area contributed by atoms with Crippen LogP contribution in [0.4, 0.5) is 0 Å². The molecule has 1 aromatic rings. The summed E-state index contributed by atoms with van der Waals surface area (Å²) in [5.74, 6) is 0.431. The SMILES string of the molecule is Cc1cccc(C(=O)C2CCCC(N)C2)c1C. The predicted molar refractivity (Wildman–Crippen MR) is 70.2 cm³/mol. The number of carbonyl (C=O) groups excluding carboxylic acids is 1. The lowest BCUT2D eigenvalue weighted by molar-refractivity contribution is 0.0881. The van der Waals surface area contributed by atoms with E-state index >= 15 is 0 Å². The van der Waals surface area contributed by atoms with Crippen LogP contribution < -0.4 is 5.73 Å². The quantitative estimate of drug-likeness (QED) is 0.795. The smallest absolute Gasteiger partial charge is 0.166 e. The maximum atomic E-state index is 12.5. The molecule has 0 bridgehead atoms. The van der Waals surface area contributed by atoms with Gasteiger partial charge in [-0.1, -0.05) is 24.6 Å². The summed E-state index contributed by atoms with van der Waals surface area (Å²) in [6, 6.07) is 6.18. The molecule has 0 radical (unpaired) electrons. The fraction of sp³-hybridized carbons (Fsp3) is 0.533. The molecule has 1 fully saturated rings. The van der Waals surface area contributed by atoms with Crippen LogP contribution in [0.3, 0.4) is 0 Å². The normalized spacial score (nSPS) is 24.6. The lowest BCUT2D eigenvalue weighted by atomic mass is 9.80. The Morgan fingerprint density at radius 3 is 2.76 bits per heavy atom. The molecule has 1 aliphatic rings. The number of benzene rings is 1. The maximum absolute atomic E-state index is 12.5. The van der Waals surface area contributed by atoms with Gasteiger partial charge in [-0.15, -0.1) is 0 Å². The van der Waals surface area contributed by atoms with Gasteiger partial charge in [0.1, 0.15) is 0 Å². The van der Waals surface area contributed by atoms with Crippen molar-refractivity contribution < 1.29 is 4.79 Å². The molecule has 2 atom stereocenters. The lowest BCUT2D eigenvalue weighted by Gasteiger charge is -2.26. The monoisotopic (exact) mass is 231 g/mol. The summed E-state index contributed by atoms with van der Waals surface area (Å²) < 4.78 is 0. The van der Waals surface area contributed by atoms with Crippen LogP contribution in [0.1, 0.15) is 47.2 Å².